The van der Waals surface area contributed by atoms with Gasteiger partial charge < -0.3 is 14.7 Å². The molecule has 1 heterocycles. The summed E-state index contributed by atoms with van der Waals surface area (Å²) in [6.07, 6.45) is 6.38. The molecule has 106 valence electrons. The second-order valence-corrected chi connectivity index (χ2v) is 6.56. The van der Waals surface area contributed by atoms with E-state index < -0.39 is 0 Å². The molecule has 1 saturated carbocycles. The quantitative estimate of drug-likeness (QED) is 0.818. The minimum atomic E-state index is -0.317. The van der Waals surface area contributed by atoms with Crippen molar-refractivity contribution in [3.8, 4) is 0 Å². The van der Waals surface area contributed by atoms with E-state index in [9.17, 15) is 5.11 Å². The molecular formula is C15H29NO2. The van der Waals surface area contributed by atoms with E-state index in [1.54, 1.807) is 0 Å². The molecular weight excluding hydrogens is 226 g/mol. The molecule has 0 aromatic carbocycles. The summed E-state index contributed by atoms with van der Waals surface area (Å²) in [5.74, 6) is 1.52. The maximum Gasteiger partial charge on any atom is 0.0900 e. The molecule has 1 N–H and O–H groups in total. The lowest BCUT2D eigenvalue weighted by molar-refractivity contribution is -0.0250. The predicted molar refractivity (Wildman–Crippen MR) is 73.6 cm³/mol. The number of hydrogen-bond acceptors (Lipinski definition) is 3. The van der Waals surface area contributed by atoms with Crippen LogP contribution >= 0.6 is 0 Å². The zero-order valence-electron chi connectivity index (χ0n) is 12.0. The summed E-state index contributed by atoms with van der Waals surface area (Å²) in [6, 6.07) is 0. The summed E-state index contributed by atoms with van der Waals surface area (Å²) in [5, 5.41) is 10.1. The fraction of sp³-hybridized carbons (Fsp3) is 1.00. The van der Waals surface area contributed by atoms with Gasteiger partial charge in [-0.05, 0) is 31.1 Å². The van der Waals surface area contributed by atoms with Crippen LogP contribution in [0.5, 0.6) is 0 Å². The summed E-state index contributed by atoms with van der Waals surface area (Å²) in [7, 11) is 0. The van der Waals surface area contributed by atoms with Crippen molar-refractivity contribution in [3.63, 3.8) is 0 Å². The van der Waals surface area contributed by atoms with E-state index in [4.69, 9.17) is 4.74 Å². The number of piperidine rings is 1. The van der Waals surface area contributed by atoms with Crippen molar-refractivity contribution in [3.05, 3.63) is 0 Å². The number of ether oxygens (including phenoxy) is 1. The van der Waals surface area contributed by atoms with Crippen molar-refractivity contribution >= 4 is 0 Å². The van der Waals surface area contributed by atoms with Crippen molar-refractivity contribution in [2.24, 2.45) is 11.8 Å². The van der Waals surface area contributed by atoms with Gasteiger partial charge in [0.05, 0.1) is 18.8 Å². The number of nitrogens with zero attached hydrogens (tertiary/aromatic N) is 1. The predicted octanol–water partition coefficient (Wildman–Crippen LogP) is 2.28. The molecule has 1 aliphatic carbocycles. The highest BCUT2D eigenvalue weighted by atomic mass is 16.5. The van der Waals surface area contributed by atoms with Gasteiger partial charge in [0, 0.05) is 19.6 Å². The monoisotopic (exact) mass is 255 g/mol. The molecule has 2 aliphatic rings. The molecule has 3 nitrogen and oxygen atoms in total. The third kappa shape index (κ3) is 4.52. The first-order valence-corrected chi connectivity index (χ1v) is 7.65. The molecule has 0 amide bonds. The summed E-state index contributed by atoms with van der Waals surface area (Å²) >= 11 is 0. The molecule has 0 aromatic rings. The standard InChI is InChI=1S/C15H29NO2/c1-12-7-13(2)9-16(8-12)10-14(17)11-18-15-5-3-4-6-15/h12-15,17H,3-11H2,1-2H3/t12-,13+,14-/m1/s1. The van der Waals surface area contributed by atoms with Gasteiger partial charge in [-0.1, -0.05) is 26.7 Å². The number of hydrogen-bond donors (Lipinski definition) is 1. The average molecular weight is 255 g/mol. The fourth-order valence-corrected chi connectivity index (χ4v) is 3.59. The van der Waals surface area contributed by atoms with Crippen LogP contribution in [-0.2, 0) is 4.74 Å². The maximum absolute atomic E-state index is 10.1. The Morgan fingerprint density at radius 3 is 2.39 bits per heavy atom. The molecule has 0 spiro atoms. The highest BCUT2D eigenvalue weighted by Crippen LogP contribution is 2.22. The Labute approximate surface area is 112 Å². The fourth-order valence-electron chi connectivity index (χ4n) is 3.59. The summed E-state index contributed by atoms with van der Waals surface area (Å²) < 4.78 is 5.78. The molecule has 1 saturated heterocycles. The van der Waals surface area contributed by atoms with Gasteiger partial charge in [-0.15, -0.1) is 0 Å². The number of likely N-dealkylation sites (tertiary alicyclic amines) is 1. The Kier molecular flexibility index (Phi) is 5.46. The van der Waals surface area contributed by atoms with Gasteiger partial charge in [0.25, 0.3) is 0 Å². The summed E-state index contributed by atoms with van der Waals surface area (Å²) in [6.45, 7) is 8.18. The minimum absolute atomic E-state index is 0.317. The first-order chi connectivity index (χ1) is 8.63. The molecule has 3 atom stereocenters. The van der Waals surface area contributed by atoms with Crippen LogP contribution in [0, 0.1) is 11.8 Å². The highest BCUT2D eigenvalue weighted by Gasteiger charge is 2.24. The number of rotatable bonds is 5. The topological polar surface area (TPSA) is 32.7 Å². The average Bonchev–Trinajstić information content (AvgIpc) is 2.77. The molecule has 2 fully saturated rings. The largest absolute Gasteiger partial charge is 0.389 e. The normalized spacial score (nSPS) is 32.8. The van der Waals surface area contributed by atoms with E-state index in [0.717, 1.165) is 31.5 Å². The van der Waals surface area contributed by atoms with Crippen LogP contribution in [-0.4, -0.2) is 48.5 Å². The van der Waals surface area contributed by atoms with Gasteiger partial charge in [0.2, 0.25) is 0 Å². The molecule has 18 heavy (non-hydrogen) atoms. The molecule has 2 rings (SSSR count). The second-order valence-electron chi connectivity index (χ2n) is 6.56. The van der Waals surface area contributed by atoms with E-state index in [1.807, 2.05) is 0 Å². The van der Waals surface area contributed by atoms with E-state index in [1.165, 1.54) is 32.1 Å². The molecule has 0 radical (unpaired) electrons. The molecule has 1 aliphatic heterocycles. The summed E-state index contributed by atoms with van der Waals surface area (Å²) in [4.78, 5) is 2.40. The van der Waals surface area contributed by atoms with Crippen LogP contribution in [0.1, 0.15) is 46.0 Å². The Hall–Kier alpha value is -0.120. The van der Waals surface area contributed by atoms with Crippen molar-refractivity contribution in [2.45, 2.75) is 58.2 Å². The Bertz CT molecular complexity index is 231. The minimum Gasteiger partial charge on any atom is -0.389 e. The smallest absolute Gasteiger partial charge is 0.0900 e. The van der Waals surface area contributed by atoms with E-state index in [0.29, 0.717) is 12.7 Å². The maximum atomic E-state index is 10.1. The Balaban J connectivity index is 1.64. The van der Waals surface area contributed by atoms with Crippen LogP contribution < -0.4 is 0 Å². The van der Waals surface area contributed by atoms with Crippen molar-refractivity contribution in [1.82, 2.24) is 4.90 Å². The second kappa shape index (κ2) is 6.88. The van der Waals surface area contributed by atoms with Crippen molar-refractivity contribution in [1.29, 1.82) is 0 Å². The van der Waals surface area contributed by atoms with Gasteiger partial charge in [-0.3, -0.25) is 0 Å². The number of aliphatic hydroxyl groups excluding tert-OH is 1. The highest BCUT2D eigenvalue weighted by molar-refractivity contribution is 4.77. The number of aliphatic hydroxyl groups is 1. The molecule has 0 bridgehead atoms. The van der Waals surface area contributed by atoms with Crippen LogP contribution in [0.3, 0.4) is 0 Å². The Morgan fingerprint density at radius 1 is 1.17 bits per heavy atom. The first kappa shape index (κ1) is 14.3. The lowest BCUT2D eigenvalue weighted by atomic mass is 9.92. The zero-order chi connectivity index (χ0) is 13.0. The van der Waals surface area contributed by atoms with Gasteiger partial charge >= 0.3 is 0 Å². The molecule has 0 aromatic heterocycles. The zero-order valence-corrected chi connectivity index (χ0v) is 12.0. The Morgan fingerprint density at radius 2 is 1.78 bits per heavy atom. The number of β-amino-alcohol motifs (C(OH)–C–C–N with tert-alkyl or cyclic N) is 1. The van der Waals surface area contributed by atoms with Crippen LogP contribution in [0.25, 0.3) is 0 Å². The van der Waals surface area contributed by atoms with Crippen molar-refractivity contribution < 1.29 is 9.84 Å². The van der Waals surface area contributed by atoms with Crippen molar-refractivity contribution in [2.75, 3.05) is 26.2 Å². The van der Waals surface area contributed by atoms with E-state index >= 15 is 0 Å². The van der Waals surface area contributed by atoms with Gasteiger partial charge in [-0.25, -0.2) is 0 Å². The SMILES string of the molecule is C[C@@H]1C[C@H](C)CN(C[C@@H](O)COC2CCCC2)C1. The lowest BCUT2D eigenvalue weighted by Crippen LogP contribution is -2.43. The van der Waals surface area contributed by atoms with Gasteiger partial charge in [-0.2, -0.15) is 0 Å². The van der Waals surface area contributed by atoms with E-state index in [-0.39, 0.29) is 6.10 Å². The van der Waals surface area contributed by atoms with Gasteiger partial charge in [0.15, 0.2) is 0 Å². The molecule has 3 heteroatoms. The summed E-state index contributed by atoms with van der Waals surface area (Å²) in [5.41, 5.74) is 0. The third-order valence-electron chi connectivity index (χ3n) is 4.24. The van der Waals surface area contributed by atoms with Crippen LogP contribution in [0.15, 0.2) is 0 Å². The van der Waals surface area contributed by atoms with Crippen LogP contribution in [0.2, 0.25) is 0 Å². The molecule has 0 unspecified atom stereocenters. The van der Waals surface area contributed by atoms with Gasteiger partial charge in [0.1, 0.15) is 0 Å². The third-order valence-corrected chi connectivity index (χ3v) is 4.24. The van der Waals surface area contributed by atoms with E-state index in [2.05, 4.69) is 18.7 Å². The van der Waals surface area contributed by atoms with Crippen LogP contribution in [0.4, 0.5) is 0 Å². The first-order valence-electron chi connectivity index (χ1n) is 7.65. The lowest BCUT2D eigenvalue weighted by Gasteiger charge is -2.36.